The van der Waals surface area contributed by atoms with Gasteiger partial charge in [-0.1, -0.05) is 23.7 Å². The van der Waals surface area contributed by atoms with E-state index in [9.17, 15) is 4.39 Å². The van der Waals surface area contributed by atoms with Gasteiger partial charge in [0.05, 0.1) is 17.7 Å². The van der Waals surface area contributed by atoms with Gasteiger partial charge in [0, 0.05) is 13.2 Å². The first-order valence-corrected chi connectivity index (χ1v) is 10.0. The minimum atomic E-state index is -0.274. The van der Waals surface area contributed by atoms with Crippen LogP contribution in [0.2, 0.25) is 5.02 Å². The molecule has 4 nitrogen and oxygen atoms in total. The first kappa shape index (κ1) is 22.5. The van der Waals surface area contributed by atoms with Gasteiger partial charge < -0.3 is 19.5 Å². The van der Waals surface area contributed by atoms with Gasteiger partial charge in [-0.05, 0) is 69.1 Å². The molecule has 2 rings (SSSR count). The number of ether oxygens (including phenoxy) is 3. The summed E-state index contributed by atoms with van der Waals surface area (Å²) in [7, 11) is 0. The summed E-state index contributed by atoms with van der Waals surface area (Å²) >= 11 is 6.45. The molecule has 0 fully saturated rings. The Morgan fingerprint density at radius 3 is 2.50 bits per heavy atom. The van der Waals surface area contributed by atoms with Crippen molar-refractivity contribution >= 4 is 11.6 Å². The third kappa shape index (κ3) is 7.66. The van der Waals surface area contributed by atoms with E-state index in [0.717, 1.165) is 30.7 Å². The van der Waals surface area contributed by atoms with Crippen molar-refractivity contribution in [2.24, 2.45) is 0 Å². The molecule has 0 amide bonds. The first-order valence-electron chi connectivity index (χ1n) is 9.64. The summed E-state index contributed by atoms with van der Waals surface area (Å²) < 4.78 is 30.2. The topological polar surface area (TPSA) is 39.7 Å². The highest BCUT2D eigenvalue weighted by Crippen LogP contribution is 2.37. The Balaban J connectivity index is 1.95. The summed E-state index contributed by atoms with van der Waals surface area (Å²) in [4.78, 5) is 0. The smallest absolute Gasteiger partial charge is 0.180 e. The lowest BCUT2D eigenvalue weighted by molar-refractivity contribution is 0.0770. The van der Waals surface area contributed by atoms with Crippen LogP contribution in [-0.2, 0) is 17.9 Å². The van der Waals surface area contributed by atoms with Gasteiger partial charge in [-0.15, -0.1) is 0 Å². The van der Waals surface area contributed by atoms with Gasteiger partial charge in [0.1, 0.15) is 12.4 Å². The number of nitrogens with one attached hydrogen (secondary N) is 1. The predicted molar refractivity (Wildman–Crippen MR) is 111 cm³/mol. The highest BCUT2D eigenvalue weighted by molar-refractivity contribution is 6.32. The molecule has 1 N–H and O–H groups in total. The molecule has 0 aliphatic rings. The van der Waals surface area contributed by atoms with Crippen LogP contribution in [0, 0.1) is 5.82 Å². The molecule has 2 aromatic rings. The molecule has 0 spiro atoms. The molecule has 0 saturated heterocycles. The Labute approximate surface area is 171 Å². The van der Waals surface area contributed by atoms with Crippen molar-refractivity contribution in [1.82, 2.24) is 5.32 Å². The molecule has 0 saturated carbocycles. The fraction of sp³-hybridized carbons (Fsp3) is 0.455. The van der Waals surface area contributed by atoms with E-state index in [2.05, 4.69) is 5.32 Å². The van der Waals surface area contributed by atoms with Crippen molar-refractivity contribution in [2.45, 2.75) is 46.4 Å². The Bertz CT molecular complexity index is 722. The molecule has 0 bridgehead atoms. The van der Waals surface area contributed by atoms with Crippen molar-refractivity contribution < 1.29 is 18.6 Å². The van der Waals surface area contributed by atoms with Crippen LogP contribution in [0.4, 0.5) is 4.39 Å². The molecule has 0 aliphatic carbocycles. The second-order valence-electron chi connectivity index (χ2n) is 6.70. The summed E-state index contributed by atoms with van der Waals surface area (Å²) in [5, 5.41) is 3.88. The second-order valence-corrected chi connectivity index (χ2v) is 7.11. The number of benzene rings is 2. The van der Waals surface area contributed by atoms with E-state index >= 15 is 0 Å². The summed E-state index contributed by atoms with van der Waals surface area (Å²) in [6.07, 6.45) is 1.21. The zero-order valence-corrected chi connectivity index (χ0v) is 17.5. The van der Waals surface area contributed by atoms with Crippen LogP contribution in [0.25, 0.3) is 0 Å². The van der Waals surface area contributed by atoms with Gasteiger partial charge in [0.25, 0.3) is 0 Å². The Morgan fingerprint density at radius 2 is 1.82 bits per heavy atom. The lowest BCUT2D eigenvalue weighted by Gasteiger charge is -2.16. The van der Waals surface area contributed by atoms with E-state index < -0.39 is 0 Å². The van der Waals surface area contributed by atoms with Crippen molar-refractivity contribution in [3.63, 3.8) is 0 Å². The summed E-state index contributed by atoms with van der Waals surface area (Å²) in [5.74, 6) is 0.836. The molecule has 0 radical (unpaired) electrons. The molecule has 0 atom stereocenters. The quantitative estimate of drug-likeness (QED) is 0.479. The second kappa shape index (κ2) is 11.9. The summed E-state index contributed by atoms with van der Waals surface area (Å²) in [6.45, 7) is 9.05. The minimum Gasteiger partial charge on any atom is -0.490 e. The monoisotopic (exact) mass is 409 g/mol. The molecule has 0 aromatic heterocycles. The summed E-state index contributed by atoms with van der Waals surface area (Å²) in [5.41, 5.74) is 1.88. The maximum atomic E-state index is 13.0. The van der Waals surface area contributed by atoms with Gasteiger partial charge in [-0.2, -0.15) is 0 Å². The molecule has 0 unspecified atom stereocenters. The van der Waals surface area contributed by atoms with Crippen molar-refractivity contribution in [3.05, 3.63) is 58.4 Å². The third-order valence-electron chi connectivity index (χ3n) is 3.94. The fourth-order valence-electron chi connectivity index (χ4n) is 2.61. The molecule has 6 heteroatoms. The predicted octanol–water partition coefficient (Wildman–Crippen LogP) is 5.36. The highest BCUT2D eigenvalue weighted by atomic mass is 35.5. The van der Waals surface area contributed by atoms with Crippen LogP contribution in [0.5, 0.6) is 11.5 Å². The molecular formula is C22H29ClFNO3. The van der Waals surface area contributed by atoms with Gasteiger partial charge in [0.2, 0.25) is 0 Å². The molecule has 0 heterocycles. The average molecular weight is 410 g/mol. The maximum Gasteiger partial charge on any atom is 0.180 e. The van der Waals surface area contributed by atoms with Crippen LogP contribution in [-0.4, -0.2) is 25.9 Å². The summed E-state index contributed by atoms with van der Waals surface area (Å²) in [6, 6.07) is 10.00. The molecule has 154 valence electrons. The van der Waals surface area contributed by atoms with Crippen LogP contribution >= 0.6 is 11.6 Å². The zero-order chi connectivity index (χ0) is 20.4. The van der Waals surface area contributed by atoms with Crippen molar-refractivity contribution in [1.29, 1.82) is 0 Å². The Kier molecular flexibility index (Phi) is 9.55. The van der Waals surface area contributed by atoms with Crippen molar-refractivity contribution in [3.8, 4) is 11.5 Å². The Morgan fingerprint density at radius 1 is 1.07 bits per heavy atom. The number of halogens is 2. The lowest BCUT2D eigenvalue weighted by atomic mass is 10.2. The lowest BCUT2D eigenvalue weighted by Crippen LogP contribution is -2.17. The average Bonchev–Trinajstić information content (AvgIpc) is 2.65. The van der Waals surface area contributed by atoms with Crippen molar-refractivity contribution in [2.75, 3.05) is 19.8 Å². The normalized spacial score (nSPS) is 11.1. The number of hydrogen-bond donors (Lipinski definition) is 1. The van der Waals surface area contributed by atoms with E-state index in [-0.39, 0.29) is 18.5 Å². The van der Waals surface area contributed by atoms with Gasteiger partial charge in [-0.3, -0.25) is 0 Å². The van der Waals surface area contributed by atoms with Crippen LogP contribution in [0.3, 0.4) is 0 Å². The highest BCUT2D eigenvalue weighted by Gasteiger charge is 2.13. The SMILES string of the molecule is CCOc1cc(CNCCCOC(C)C)cc(Cl)c1OCc1ccc(F)cc1. The van der Waals surface area contributed by atoms with E-state index in [1.807, 2.05) is 32.9 Å². The van der Waals surface area contributed by atoms with E-state index in [0.29, 0.717) is 29.7 Å². The van der Waals surface area contributed by atoms with E-state index in [1.165, 1.54) is 12.1 Å². The number of rotatable bonds is 12. The molecule has 2 aromatic carbocycles. The zero-order valence-electron chi connectivity index (χ0n) is 16.8. The fourth-order valence-corrected chi connectivity index (χ4v) is 2.90. The third-order valence-corrected chi connectivity index (χ3v) is 4.22. The Hall–Kier alpha value is -1.82. The number of hydrogen-bond acceptors (Lipinski definition) is 4. The largest absolute Gasteiger partial charge is 0.490 e. The molecule has 0 aliphatic heterocycles. The maximum absolute atomic E-state index is 13.0. The van der Waals surface area contributed by atoms with E-state index in [1.54, 1.807) is 12.1 Å². The van der Waals surface area contributed by atoms with Gasteiger partial charge >= 0.3 is 0 Å². The molecule has 28 heavy (non-hydrogen) atoms. The first-order chi connectivity index (χ1) is 13.5. The van der Waals surface area contributed by atoms with Crippen LogP contribution in [0.15, 0.2) is 36.4 Å². The van der Waals surface area contributed by atoms with E-state index in [4.69, 9.17) is 25.8 Å². The van der Waals surface area contributed by atoms with Crippen LogP contribution in [0.1, 0.15) is 38.3 Å². The van der Waals surface area contributed by atoms with Gasteiger partial charge in [0.15, 0.2) is 11.5 Å². The van der Waals surface area contributed by atoms with Crippen LogP contribution < -0.4 is 14.8 Å². The minimum absolute atomic E-state index is 0.259. The van der Waals surface area contributed by atoms with Gasteiger partial charge in [-0.25, -0.2) is 4.39 Å². The standard InChI is InChI=1S/C22H29ClFNO3/c1-4-26-21-13-18(14-25-10-5-11-27-16(2)3)12-20(23)22(21)28-15-17-6-8-19(24)9-7-17/h6-9,12-13,16,25H,4-5,10-11,14-15H2,1-3H3. The molecular weight excluding hydrogens is 381 g/mol.